The third-order valence-corrected chi connectivity index (χ3v) is 4.25. The van der Waals surface area contributed by atoms with Gasteiger partial charge in [-0.1, -0.05) is 6.92 Å². The number of anilines is 1. The molecule has 5 nitrogen and oxygen atoms in total. The zero-order valence-corrected chi connectivity index (χ0v) is 13.9. The normalized spacial score (nSPS) is 11.0. The average molecular weight is 301 g/mol. The van der Waals surface area contributed by atoms with E-state index in [9.17, 15) is 0 Å². The molecule has 0 saturated carbocycles. The summed E-state index contributed by atoms with van der Waals surface area (Å²) in [4.78, 5) is 8.37. The number of thiazole rings is 1. The molecule has 0 bridgehead atoms. The molecule has 1 heterocycles. The van der Waals surface area contributed by atoms with E-state index in [2.05, 4.69) is 24.1 Å². The van der Waals surface area contributed by atoms with Crippen LogP contribution in [-0.2, 0) is 22.4 Å². The summed E-state index contributed by atoms with van der Waals surface area (Å²) in [6.07, 6.45) is 0.972. The molecule has 1 N–H and O–H groups in total. The van der Waals surface area contributed by atoms with Gasteiger partial charge in [0.1, 0.15) is 0 Å². The van der Waals surface area contributed by atoms with Gasteiger partial charge in [0.2, 0.25) is 0 Å². The monoisotopic (exact) mass is 301 g/mol. The molecule has 0 radical (unpaired) electrons. The molecule has 0 aliphatic rings. The van der Waals surface area contributed by atoms with Crippen LogP contribution in [0.3, 0.4) is 0 Å². The van der Waals surface area contributed by atoms with Crippen molar-refractivity contribution in [3.05, 3.63) is 10.6 Å². The van der Waals surface area contributed by atoms with Crippen LogP contribution in [0.2, 0.25) is 0 Å². The van der Waals surface area contributed by atoms with Crippen LogP contribution >= 0.6 is 11.3 Å². The fraction of sp³-hybridized carbons (Fsp3) is 0.786. The number of ether oxygens (including phenoxy) is 2. The van der Waals surface area contributed by atoms with Gasteiger partial charge < -0.3 is 19.7 Å². The van der Waals surface area contributed by atoms with Crippen LogP contribution in [0.1, 0.15) is 24.4 Å². The minimum Gasteiger partial charge on any atom is -0.383 e. The first-order valence-electron chi connectivity index (χ1n) is 7.18. The molecule has 0 unspecified atom stereocenters. The van der Waals surface area contributed by atoms with E-state index in [1.54, 1.807) is 25.6 Å². The molecular formula is C14H27N3O2S. The molecule has 0 aliphatic heterocycles. The van der Waals surface area contributed by atoms with E-state index in [0.717, 1.165) is 50.9 Å². The first kappa shape index (κ1) is 17.4. The zero-order chi connectivity index (χ0) is 14.8. The molecule has 0 atom stereocenters. The Labute approximate surface area is 126 Å². The van der Waals surface area contributed by atoms with Crippen molar-refractivity contribution < 1.29 is 9.47 Å². The number of aromatic nitrogens is 1. The van der Waals surface area contributed by atoms with Crippen molar-refractivity contribution in [3.8, 4) is 0 Å². The van der Waals surface area contributed by atoms with Crippen molar-refractivity contribution in [2.75, 3.05) is 52.0 Å². The van der Waals surface area contributed by atoms with Gasteiger partial charge in [-0.25, -0.2) is 4.98 Å². The number of methoxy groups -OCH3 is 2. The van der Waals surface area contributed by atoms with Gasteiger partial charge in [-0.2, -0.15) is 0 Å². The van der Waals surface area contributed by atoms with E-state index in [1.165, 1.54) is 10.6 Å². The predicted octanol–water partition coefficient (Wildman–Crippen LogP) is 1.91. The minimum atomic E-state index is 0.732. The van der Waals surface area contributed by atoms with Crippen LogP contribution in [-0.4, -0.2) is 52.1 Å². The Morgan fingerprint density at radius 3 is 2.55 bits per heavy atom. The van der Waals surface area contributed by atoms with E-state index in [-0.39, 0.29) is 0 Å². The molecule has 1 rings (SSSR count). The van der Waals surface area contributed by atoms with Crippen LogP contribution in [0.4, 0.5) is 5.13 Å². The molecule has 0 aromatic carbocycles. The number of hydrogen-bond donors (Lipinski definition) is 1. The lowest BCUT2D eigenvalue weighted by molar-refractivity contribution is 0.199. The molecule has 116 valence electrons. The minimum absolute atomic E-state index is 0.732. The van der Waals surface area contributed by atoms with E-state index in [4.69, 9.17) is 14.5 Å². The zero-order valence-electron chi connectivity index (χ0n) is 13.1. The van der Waals surface area contributed by atoms with Gasteiger partial charge in [0, 0.05) is 45.3 Å². The van der Waals surface area contributed by atoms with Gasteiger partial charge >= 0.3 is 0 Å². The van der Waals surface area contributed by atoms with Crippen molar-refractivity contribution in [1.82, 2.24) is 10.3 Å². The van der Waals surface area contributed by atoms with Crippen LogP contribution in [0, 0.1) is 0 Å². The number of rotatable bonds is 11. The smallest absolute Gasteiger partial charge is 0.185 e. The lowest BCUT2D eigenvalue weighted by Gasteiger charge is -2.18. The fourth-order valence-electron chi connectivity index (χ4n) is 1.89. The Kier molecular flexibility index (Phi) is 8.77. The maximum atomic E-state index is 5.16. The van der Waals surface area contributed by atoms with Gasteiger partial charge in [0.15, 0.2) is 5.13 Å². The Morgan fingerprint density at radius 2 is 1.95 bits per heavy atom. The highest BCUT2D eigenvalue weighted by atomic mass is 32.1. The highest BCUT2D eigenvalue weighted by Gasteiger charge is 2.14. The quantitative estimate of drug-likeness (QED) is 0.633. The number of aryl methyl sites for hydroxylation is 1. The third kappa shape index (κ3) is 5.36. The Morgan fingerprint density at radius 1 is 1.20 bits per heavy atom. The summed E-state index contributed by atoms with van der Waals surface area (Å²) in [7, 11) is 3.46. The summed E-state index contributed by atoms with van der Waals surface area (Å²) in [5, 5.41) is 4.49. The Bertz CT molecular complexity index is 371. The number of likely N-dealkylation sites (N-methyl/N-ethyl adjacent to an activating group) is 1. The largest absolute Gasteiger partial charge is 0.383 e. The van der Waals surface area contributed by atoms with Crippen molar-refractivity contribution in [2.45, 2.75) is 26.8 Å². The summed E-state index contributed by atoms with van der Waals surface area (Å²) >= 11 is 1.78. The molecule has 0 spiro atoms. The van der Waals surface area contributed by atoms with Gasteiger partial charge in [0.25, 0.3) is 0 Å². The van der Waals surface area contributed by atoms with Crippen LogP contribution < -0.4 is 10.2 Å². The van der Waals surface area contributed by atoms with Gasteiger partial charge in [-0.05, 0) is 13.3 Å². The standard InChI is InChI=1S/C14H27N3O2S/c1-5-12-13(11-15-7-9-18-3)20-14(16-12)17(6-2)8-10-19-4/h15H,5-11H2,1-4H3. The van der Waals surface area contributed by atoms with Crippen molar-refractivity contribution >= 4 is 16.5 Å². The lowest BCUT2D eigenvalue weighted by atomic mass is 10.3. The molecule has 0 aliphatic carbocycles. The van der Waals surface area contributed by atoms with Gasteiger partial charge in [-0.3, -0.25) is 0 Å². The summed E-state index contributed by atoms with van der Waals surface area (Å²) in [5.74, 6) is 0. The van der Waals surface area contributed by atoms with Crippen LogP contribution in [0.25, 0.3) is 0 Å². The highest BCUT2D eigenvalue weighted by Crippen LogP contribution is 2.26. The molecule has 20 heavy (non-hydrogen) atoms. The number of nitrogens with zero attached hydrogens (tertiary/aromatic N) is 2. The van der Waals surface area contributed by atoms with E-state index in [1.807, 2.05) is 0 Å². The fourth-order valence-corrected chi connectivity index (χ4v) is 3.09. The van der Waals surface area contributed by atoms with Gasteiger partial charge in [-0.15, -0.1) is 11.3 Å². The Hall–Kier alpha value is -0.690. The summed E-state index contributed by atoms with van der Waals surface area (Å²) in [6.45, 7) is 9.36. The molecule has 0 saturated heterocycles. The van der Waals surface area contributed by atoms with Crippen molar-refractivity contribution in [1.29, 1.82) is 0 Å². The predicted molar refractivity (Wildman–Crippen MR) is 84.8 cm³/mol. The van der Waals surface area contributed by atoms with Crippen molar-refractivity contribution in [3.63, 3.8) is 0 Å². The number of nitrogens with one attached hydrogen (secondary N) is 1. The Balaban J connectivity index is 2.65. The first-order chi connectivity index (χ1) is 9.76. The second kappa shape index (κ2) is 10.1. The SMILES string of the molecule is CCc1nc(N(CC)CCOC)sc1CNCCOC. The number of hydrogen-bond acceptors (Lipinski definition) is 6. The summed E-state index contributed by atoms with van der Waals surface area (Å²) in [6, 6.07) is 0. The summed E-state index contributed by atoms with van der Waals surface area (Å²) in [5.41, 5.74) is 1.20. The molecule has 0 fully saturated rings. The van der Waals surface area contributed by atoms with E-state index < -0.39 is 0 Å². The van der Waals surface area contributed by atoms with Crippen LogP contribution in [0.15, 0.2) is 0 Å². The topological polar surface area (TPSA) is 46.6 Å². The maximum absolute atomic E-state index is 5.16. The van der Waals surface area contributed by atoms with Gasteiger partial charge in [0.05, 0.1) is 18.9 Å². The van der Waals surface area contributed by atoms with E-state index in [0.29, 0.717) is 0 Å². The second-order valence-electron chi connectivity index (χ2n) is 4.46. The van der Waals surface area contributed by atoms with Crippen molar-refractivity contribution in [2.24, 2.45) is 0 Å². The van der Waals surface area contributed by atoms with Crippen LogP contribution in [0.5, 0.6) is 0 Å². The molecule has 6 heteroatoms. The summed E-state index contributed by atoms with van der Waals surface area (Å²) < 4.78 is 10.2. The third-order valence-electron chi connectivity index (χ3n) is 3.09. The average Bonchev–Trinajstić information content (AvgIpc) is 2.87. The molecule has 1 aromatic heterocycles. The highest BCUT2D eigenvalue weighted by molar-refractivity contribution is 7.15. The van der Waals surface area contributed by atoms with E-state index >= 15 is 0 Å². The molecule has 1 aromatic rings. The maximum Gasteiger partial charge on any atom is 0.185 e. The second-order valence-corrected chi connectivity index (χ2v) is 5.52. The molecule has 0 amide bonds. The first-order valence-corrected chi connectivity index (χ1v) is 8.00. The molecular weight excluding hydrogens is 274 g/mol. The lowest BCUT2D eigenvalue weighted by Crippen LogP contribution is -2.26.